The van der Waals surface area contributed by atoms with Crippen LogP contribution in [0.25, 0.3) is 0 Å². The molecule has 0 bridgehead atoms. The van der Waals surface area contributed by atoms with Crippen molar-refractivity contribution in [2.45, 2.75) is 12.2 Å². The van der Waals surface area contributed by atoms with Crippen molar-refractivity contribution in [3.63, 3.8) is 0 Å². The molecule has 2 aromatic carbocycles. The Hall–Kier alpha value is -1.39. The van der Waals surface area contributed by atoms with E-state index in [0.29, 0.717) is 13.2 Å². The smallest absolute Gasteiger partial charge is 0.155 e. The zero-order valence-corrected chi connectivity index (χ0v) is 16.8. The number of rotatable bonds is 9. The molecule has 2 N–H and O–H groups in total. The van der Waals surface area contributed by atoms with Gasteiger partial charge in [-0.1, -0.05) is 0 Å². The Morgan fingerprint density at radius 3 is 1.54 bits per heavy atom. The lowest BCUT2D eigenvalue weighted by atomic mass is 10.2. The van der Waals surface area contributed by atoms with Crippen LogP contribution in [0.15, 0.2) is 48.5 Å². The van der Waals surface area contributed by atoms with Crippen molar-refractivity contribution in [2.75, 3.05) is 33.5 Å². The molecule has 26 heavy (non-hydrogen) atoms. The predicted octanol–water partition coefficient (Wildman–Crippen LogP) is -1.77. The molecule has 2 aromatic rings. The largest absolute Gasteiger partial charge is 1.00 e. The summed E-state index contributed by atoms with van der Waals surface area (Å²) in [7, 11) is 1.93. The monoisotopic (exact) mass is 470 g/mol. The van der Waals surface area contributed by atoms with Crippen molar-refractivity contribution in [1.82, 2.24) is 5.43 Å². The van der Waals surface area contributed by atoms with Gasteiger partial charge in [0, 0.05) is 31.3 Å². The maximum absolute atomic E-state index is 5.69. The second-order valence-electron chi connectivity index (χ2n) is 6.21. The van der Waals surface area contributed by atoms with Gasteiger partial charge in [-0.2, -0.15) is 10.4 Å². The first-order valence-electron chi connectivity index (χ1n) is 8.56. The molecule has 2 unspecified atom stereocenters. The highest BCUT2D eigenvalue weighted by atomic mass is 127. The summed E-state index contributed by atoms with van der Waals surface area (Å²) >= 11 is 0. The van der Waals surface area contributed by atoms with E-state index >= 15 is 0 Å². The van der Waals surface area contributed by atoms with Crippen molar-refractivity contribution in [3.05, 3.63) is 48.5 Å². The van der Waals surface area contributed by atoms with Gasteiger partial charge in [-0.25, -0.2) is 0 Å². The molecule has 2 heterocycles. The minimum atomic E-state index is 0. The Bertz CT molecular complexity index is 628. The molecule has 2 atom stereocenters. The summed E-state index contributed by atoms with van der Waals surface area (Å²) in [5.41, 5.74) is 5.51. The van der Waals surface area contributed by atoms with Gasteiger partial charge in [-0.3, -0.25) is 0 Å². The van der Waals surface area contributed by atoms with Crippen LogP contribution >= 0.6 is 0 Å². The molecular formula is C19H23IN2O4. The number of epoxide rings is 2. The van der Waals surface area contributed by atoms with E-state index in [0.717, 1.165) is 41.1 Å². The number of halogens is 1. The molecule has 2 aliphatic heterocycles. The Morgan fingerprint density at radius 1 is 0.846 bits per heavy atom. The van der Waals surface area contributed by atoms with Gasteiger partial charge >= 0.3 is 0 Å². The van der Waals surface area contributed by atoms with Crippen LogP contribution in [0.1, 0.15) is 0 Å². The molecule has 0 amide bonds. The second-order valence-corrected chi connectivity index (χ2v) is 6.21. The topological polar surface area (TPSA) is 60.0 Å². The number of benzene rings is 2. The Morgan fingerprint density at radius 2 is 1.23 bits per heavy atom. The van der Waals surface area contributed by atoms with Crippen LogP contribution in [0.3, 0.4) is 0 Å². The molecule has 0 aromatic heterocycles. The molecular weight excluding hydrogens is 447 g/mol. The van der Waals surface area contributed by atoms with E-state index in [4.69, 9.17) is 18.9 Å². The van der Waals surface area contributed by atoms with Crippen LogP contribution in [0.2, 0.25) is 0 Å². The SMILES string of the molecule is CN[NH+](c1ccc(OCC2CO2)cc1)c1ccc(OCC2CO2)cc1.[I-]. The minimum Gasteiger partial charge on any atom is -1.00 e. The second kappa shape index (κ2) is 9.01. The summed E-state index contributed by atoms with van der Waals surface area (Å²) < 4.78 is 21.7. The third kappa shape index (κ3) is 5.31. The van der Waals surface area contributed by atoms with E-state index in [1.54, 1.807) is 0 Å². The van der Waals surface area contributed by atoms with Crippen LogP contribution in [0, 0.1) is 0 Å². The standard InChI is InChI=1S/C19H22N2O4.HI/c1-20-21(14-2-6-16(7-3-14)22-10-18-12-24-18)15-4-8-17(9-5-15)23-11-19-13-25-19;/h2-9,18-20H,10-13H2,1H3;1H. The molecule has 2 aliphatic rings. The van der Waals surface area contributed by atoms with Crippen molar-refractivity contribution in [3.8, 4) is 11.5 Å². The van der Waals surface area contributed by atoms with Gasteiger partial charge in [0.1, 0.15) is 36.9 Å². The zero-order chi connectivity index (χ0) is 17.1. The van der Waals surface area contributed by atoms with E-state index in [9.17, 15) is 0 Å². The quantitative estimate of drug-likeness (QED) is 0.258. The van der Waals surface area contributed by atoms with E-state index < -0.39 is 0 Å². The summed E-state index contributed by atoms with van der Waals surface area (Å²) in [6.45, 7) is 2.86. The van der Waals surface area contributed by atoms with Crippen molar-refractivity contribution >= 4 is 11.4 Å². The van der Waals surface area contributed by atoms with E-state index in [1.807, 2.05) is 31.3 Å². The van der Waals surface area contributed by atoms with Gasteiger partial charge in [-0.15, -0.1) is 0 Å². The van der Waals surface area contributed by atoms with Gasteiger partial charge in [0.15, 0.2) is 11.4 Å². The zero-order valence-electron chi connectivity index (χ0n) is 14.6. The van der Waals surface area contributed by atoms with Crippen molar-refractivity contribution in [1.29, 1.82) is 0 Å². The van der Waals surface area contributed by atoms with Crippen LogP contribution in [-0.4, -0.2) is 45.7 Å². The van der Waals surface area contributed by atoms with Gasteiger partial charge < -0.3 is 42.9 Å². The number of nitrogens with one attached hydrogen (secondary N) is 2. The summed E-state index contributed by atoms with van der Waals surface area (Å²) in [5.74, 6) is 1.72. The minimum absolute atomic E-state index is 0. The summed E-state index contributed by atoms with van der Waals surface area (Å²) in [6.07, 6.45) is 0.539. The Balaban J connectivity index is 0.00000196. The molecule has 2 fully saturated rings. The summed E-state index contributed by atoms with van der Waals surface area (Å²) in [6, 6.07) is 16.2. The third-order valence-corrected chi connectivity index (χ3v) is 4.21. The average molecular weight is 470 g/mol. The molecule has 6 nitrogen and oxygen atoms in total. The summed E-state index contributed by atoms with van der Waals surface area (Å²) in [5, 5.41) is 1.06. The summed E-state index contributed by atoms with van der Waals surface area (Å²) in [4.78, 5) is 0. The van der Waals surface area contributed by atoms with Gasteiger partial charge in [0.2, 0.25) is 0 Å². The van der Waals surface area contributed by atoms with E-state index in [2.05, 4.69) is 29.7 Å². The Kier molecular flexibility index (Phi) is 6.71. The van der Waals surface area contributed by atoms with Crippen molar-refractivity contribution in [2.24, 2.45) is 0 Å². The molecule has 0 aliphatic carbocycles. The van der Waals surface area contributed by atoms with Crippen LogP contribution in [0.4, 0.5) is 11.4 Å². The molecule has 0 saturated carbocycles. The molecule has 7 heteroatoms. The third-order valence-electron chi connectivity index (χ3n) is 4.21. The highest BCUT2D eigenvalue weighted by Crippen LogP contribution is 2.19. The fourth-order valence-corrected chi connectivity index (χ4v) is 2.60. The van der Waals surface area contributed by atoms with E-state index in [1.165, 1.54) is 0 Å². The van der Waals surface area contributed by atoms with Crippen LogP contribution in [-0.2, 0) is 9.47 Å². The number of hydrogen-bond donors (Lipinski definition) is 2. The molecule has 140 valence electrons. The highest BCUT2D eigenvalue weighted by Gasteiger charge is 2.24. The maximum Gasteiger partial charge on any atom is 0.155 e. The van der Waals surface area contributed by atoms with E-state index in [-0.39, 0.29) is 36.2 Å². The first-order valence-corrected chi connectivity index (χ1v) is 8.56. The van der Waals surface area contributed by atoms with Gasteiger partial charge in [-0.05, 0) is 24.3 Å². The maximum atomic E-state index is 5.69. The van der Waals surface area contributed by atoms with Crippen LogP contribution in [0.5, 0.6) is 11.5 Å². The number of hydrogen-bond acceptors (Lipinski definition) is 5. The Labute approximate surface area is 170 Å². The molecule has 4 rings (SSSR count). The van der Waals surface area contributed by atoms with Crippen LogP contribution < -0.4 is 43.9 Å². The first kappa shape index (κ1) is 19.4. The lowest BCUT2D eigenvalue weighted by Gasteiger charge is -2.17. The lowest BCUT2D eigenvalue weighted by Crippen LogP contribution is -3.09. The number of quaternary nitrogens is 1. The van der Waals surface area contributed by atoms with Gasteiger partial charge in [0.25, 0.3) is 0 Å². The molecule has 0 spiro atoms. The fraction of sp³-hybridized carbons (Fsp3) is 0.368. The molecule has 0 radical (unpaired) electrons. The predicted molar refractivity (Wildman–Crippen MR) is 92.7 cm³/mol. The van der Waals surface area contributed by atoms with Gasteiger partial charge in [0.05, 0.1) is 13.2 Å². The highest BCUT2D eigenvalue weighted by molar-refractivity contribution is 5.42. The average Bonchev–Trinajstić information content (AvgIpc) is 3.56. The number of ether oxygens (including phenoxy) is 4. The fourth-order valence-electron chi connectivity index (χ4n) is 2.60. The first-order chi connectivity index (χ1) is 12.3. The normalized spacial score (nSPS) is 21.4. The van der Waals surface area contributed by atoms with Crippen molar-refractivity contribution < 1.29 is 47.9 Å². The molecule has 2 saturated heterocycles. The lowest BCUT2D eigenvalue weighted by molar-refractivity contribution is -0.810.